The van der Waals surface area contributed by atoms with Gasteiger partial charge in [-0.05, 0) is 31.5 Å². The van der Waals surface area contributed by atoms with Crippen LogP contribution in [0.15, 0.2) is 24.4 Å². The third kappa shape index (κ3) is 3.46. The van der Waals surface area contributed by atoms with Crippen LogP contribution < -0.4 is 10.6 Å². The highest BCUT2D eigenvalue weighted by Crippen LogP contribution is 2.25. The van der Waals surface area contributed by atoms with E-state index in [0.29, 0.717) is 18.1 Å². The Morgan fingerprint density at radius 3 is 2.88 bits per heavy atom. The standard InChI is InChI=1S/C15H20N6O3/c1-2-20(9-13(22)23)11-7-10(8-11)16-15(24)17-14-19-18-12-5-3-4-6-21(12)14/h3-6,10-11H,2,7-9H2,1H3,(H,22,23)(H2,16,17,19,24). The molecule has 2 aromatic heterocycles. The molecular formula is C15H20N6O3. The fourth-order valence-electron chi connectivity index (χ4n) is 2.93. The van der Waals surface area contributed by atoms with E-state index in [1.165, 1.54) is 0 Å². The summed E-state index contributed by atoms with van der Waals surface area (Å²) in [5, 5.41) is 22.4. The number of nitrogens with zero attached hydrogens (tertiary/aromatic N) is 4. The molecule has 9 nitrogen and oxygen atoms in total. The summed E-state index contributed by atoms with van der Waals surface area (Å²) in [4.78, 5) is 24.8. The molecule has 0 saturated heterocycles. The number of hydrogen-bond acceptors (Lipinski definition) is 5. The van der Waals surface area contributed by atoms with Crippen LogP contribution in [0.5, 0.6) is 0 Å². The van der Waals surface area contributed by atoms with Crippen LogP contribution in [0.3, 0.4) is 0 Å². The highest BCUT2D eigenvalue weighted by molar-refractivity contribution is 5.88. The van der Waals surface area contributed by atoms with Gasteiger partial charge in [-0.3, -0.25) is 19.4 Å². The second-order valence-corrected chi connectivity index (χ2v) is 5.83. The third-order valence-corrected chi connectivity index (χ3v) is 4.25. The van der Waals surface area contributed by atoms with E-state index in [4.69, 9.17) is 5.11 Å². The molecule has 2 heterocycles. The molecule has 0 unspecified atom stereocenters. The Bertz CT molecular complexity index is 740. The van der Waals surface area contributed by atoms with Gasteiger partial charge in [0.2, 0.25) is 5.95 Å². The number of carboxylic acid groups (broad SMARTS) is 1. The first-order chi connectivity index (χ1) is 11.6. The molecule has 0 aliphatic heterocycles. The summed E-state index contributed by atoms with van der Waals surface area (Å²) in [6, 6.07) is 5.38. The van der Waals surface area contributed by atoms with Crippen LogP contribution >= 0.6 is 0 Å². The normalized spacial score (nSPS) is 19.9. The maximum Gasteiger partial charge on any atom is 0.321 e. The van der Waals surface area contributed by atoms with Crippen molar-refractivity contribution >= 4 is 23.6 Å². The summed E-state index contributed by atoms with van der Waals surface area (Å²) in [6.07, 6.45) is 3.26. The molecule has 128 valence electrons. The summed E-state index contributed by atoms with van der Waals surface area (Å²) >= 11 is 0. The van der Waals surface area contributed by atoms with E-state index in [9.17, 15) is 9.59 Å². The van der Waals surface area contributed by atoms with Crippen molar-refractivity contribution < 1.29 is 14.7 Å². The van der Waals surface area contributed by atoms with Crippen LogP contribution in [0, 0.1) is 0 Å². The minimum Gasteiger partial charge on any atom is -0.480 e. The lowest BCUT2D eigenvalue weighted by molar-refractivity contribution is -0.139. The molecule has 1 aliphatic rings. The lowest BCUT2D eigenvalue weighted by atomic mass is 9.85. The van der Waals surface area contributed by atoms with Crippen molar-refractivity contribution in [2.45, 2.75) is 31.8 Å². The van der Waals surface area contributed by atoms with E-state index in [0.717, 1.165) is 12.8 Å². The molecule has 0 spiro atoms. The molecule has 9 heteroatoms. The van der Waals surface area contributed by atoms with Gasteiger partial charge in [-0.2, -0.15) is 0 Å². The number of rotatable bonds is 6. The van der Waals surface area contributed by atoms with Crippen molar-refractivity contribution in [3.05, 3.63) is 24.4 Å². The Morgan fingerprint density at radius 2 is 2.17 bits per heavy atom. The quantitative estimate of drug-likeness (QED) is 0.721. The largest absolute Gasteiger partial charge is 0.480 e. The fourth-order valence-corrected chi connectivity index (χ4v) is 2.93. The molecule has 3 rings (SSSR count). The number of aliphatic carboxylic acids is 1. The number of nitrogens with one attached hydrogen (secondary N) is 2. The summed E-state index contributed by atoms with van der Waals surface area (Å²) in [7, 11) is 0. The maximum absolute atomic E-state index is 12.1. The van der Waals surface area contributed by atoms with Gasteiger partial charge in [0.15, 0.2) is 5.65 Å². The zero-order chi connectivity index (χ0) is 17.1. The maximum atomic E-state index is 12.1. The molecule has 0 aromatic carbocycles. The van der Waals surface area contributed by atoms with Crippen LogP contribution in [-0.2, 0) is 4.79 Å². The topological polar surface area (TPSA) is 112 Å². The van der Waals surface area contributed by atoms with Crippen molar-refractivity contribution in [3.8, 4) is 0 Å². The van der Waals surface area contributed by atoms with Gasteiger partial charge in [-0.15, -0.1) is 10.2 Å². The van der Waals surface area contributed by atoms with Crippen molar-refractivity contribution in [2.75, 3.05) is 18.4 Å². The monoisotopic (exact) mass is 332 g/mol. The number of aromatic nitrogens is 3. The molecular weight excluding hydrogens is 312 g/mol. The number of likely N-dealkylation sites (N-methyl/N-ethyl adjacent to an activating group) is 1. The van der Waals surface area contributed by atoms with Gasteiger partial charge in [0, 0.05) is 18.3 Å². The number of fused-ring (bicyclic) bond motifs is 1. The first-order valence-electron chi connectivity index (χ1n) is 7.90. The van der Waals surface area contributed by atoms with Gasteiger partial charge in [-0.1, -0.05) is 13.0 Å². The zero-order valence-electron chi connectivity index (χ0n) is 13.3. The molecule has 1 fully saturated rings. The lowest BCUT2D eigenvalue weighted by Crippen LogP contribution is -2.55. The highest BCUT2D eigenvalue weighted by Gasteiger charge is 2.34. The van der Waals surface area contributed by atoms with Gasteiger partial charge in [0.05, 0.1) is 6.54 Å². The summed E-state index contributed by atoms with van der Waals surface area (Å²) < 4.78 is 1.69. The smallest absolute Gasteiger partial charge is 0.321 e. The molecule has 24 heavy (non-hydrogen) atoms. The highest BCUT2D eigenvalue weighted by atomic mass is 16.4. The van der Waals surface area contributed by atoms with E-state index in [2.05, 4.69) is 20.8 Å². The van der Waals surface area contributed by atoms with Gasteiger partial charge in [0.25, 0.3) is 0 Å². The van der Waals surface area contributed by atoms with E-state index >= 15 is 0 Å². The Hall–Kier alpha value is -2.68. The number of carboxylic acids is 1. The minimum absolute atomic E-state index is 0.0335. The van der Waals surface area contributed by atoms with E-state index in [1.807, 2.05) is 24.0 Å². The average Bonchev–Trinajstić information content (AvgIpc) is 2.91. The van der Waals surface area contributed by atoms with E-state index in [1.54, 1.807) is 16.7 Å². The lowest BCUT2D eigenvalue weighted by Gasteiger charge is -2.42. The molecule has 0 atom stereocenters. The number of carbonyl (C=O) groups is 2. The Kier molecular flexibility index (Phi) is 4.61. The van der Waals surface area contributed by atoms with Gasteiger partial charge in [-0.25, -0.2) is 4.79 Å². The molecule has 1 aliphatic carbocycles. The third-order valence-electron chi connectivity index (χ3n) is 4.25. The molecule has 1 saturated carbocycles. The van der Waals surface area contributed by atoms with Gasteiger partial charge < -0.3 is 10.4 Å². The van der Waals surface area contributed by atoms with E-state index < -0.39 is 5.97 Å². The van der Waals surface area contributed by atoms with Crippen molar-refractivity contribution in [1.29, 1.82) is 0 Å². The number of carbonyl (C=O) groups excluding carboxylic acids is 1. The number of hydrogen-bond donors (Lipinski definition) is 3. The fraction of sp³-hybridized carbons (Fsp3) is 0.467. The molecule has 2 aromatic rings. The van der Waals surface area contributed by atoms with E-state index in [-0.39, 0.29) is 24.7 Å². The van der Waals surface area contributed by atoms with Crippen LogP contribution in [0.2, 0.25) is 0 Å². The Balaban J connectivity index is 1.49. The summed E-state index contributed by atoms with van der Waals surface area (Å²) in [5.74, 6) is -0.468. The molecule has 3 N–H and O–H groups in total. The number of amides is 2. The Labute approximate surface area is 138 Å². The van der Waals surface area contributed by atoms with Crippen LogP contribution in [0.25, 0.3) is 5.65 Å². The van der Waals surface area contributed by atoms with Crippen molar-refractivity contribution in [2.24, 2.45) is 0 Å². The van der Waals surface area contributed by atoms with Gasteiger partial charge in [0.1, 0.15) is 0 Å². The number of pyridine rings is 1. The first-order valence-corrected chi connectivity index (χ1v) is 7.90. The number of anilines is 1. The Morgan fingerprint density at radius 1 is 1.38 bits per heavy atom. The van der Waals surface area contributed by atoms with Crippen molar-refractivity contribution in [3.63, 3.8) is 0 Å². The first kappa shape index (κ1) is 16.2. The van der Waals surface area contributed by atoms with Crippen molar-refractivity contribution in [1.82, 2.24) is 24.8 Å². The summed E-state index contributed by atoms with van der Waals surface area (Å²) in [6.45, 7) is 2.65. The molecule has 0 bridgehead atoms. The summed E-state index contributed by atoms with van der Waals surface area (Å²) in [5.41, 5.74) is 0.656. The van der Waals surface area contributed by atoms with Crippen LogP contribution in [0.4, 0.5) is 10.7 Å². The second-order valence-electron chi connectivity index (χ2n) is 5.83. The predicted molar refractivity (Wildman–Crippen MR) is 86.8 cm³/mol. The average molecular weight is 332 g/mol. The minimum atomic E-state index is -0.829. The van der Waals surface area contributed by atoms with Crippen LogP contribution in [-0.4, -0.2) is 61.8 Å². The second kappa shape index (κ2) is 6.83. The van der Waals surface area contributed by atoms with Gasteiger partial charge >= 0.3 is 12.0 Å². The predicted octanol–water partition coefficient (Wildman–Crippen LogP) is 0.788. The zero-order valence-corrected chi connectivity index (χ0v) is 13.3. The number of urea groups is 1. The molecule has 0 radical (unpaired) electrons. The SMILES string of the molecule is CCN(CC(=O)O)C1CC(NC(=O)Nc2nnc3ccccn23)C1. The molecule has 2 amide bonds. The van der Waals surface area contributed by atoms with Crippen LogP contribution in [0.1, 0.15) is 19.8 Å².